The highest BCUT2D eigenvalue weighted by atomic mass is 31.2. The molecule has 2 N–H and O–H groups in total. The van der Waals surface area contributed by atoms with Gasteiger partial charge in [0.05, 0.1) is 19.8 Å². The molecule has 0 radical (unpaired) electrons. The van der Waals surface area contributed by atoms with Crippen molar-refractivity contribution in [3.8, 4) is 0 Å². The van der Waals surface area contributed by atoms with Crippen molar-refractivity contribution in [3.63, 3.8) is 0 Å². The number of ether oxygens (including phenoxy) is 3. The maximum absolute atomic E-state index is 13.0. The number of phosphoric acid groups is 1. The number of rotatable bonds is 59. The number of aliphatic hydroxyl groups excluding tert-OH is 1. The van der Waals surface area contributed by atoms with E-state index >= 15 is 0 Å². The smallest absolute Gasteiger partial charge is 0.462 e. The van der Waals surface area contributed by atoms with Crippen molar-refractivity contribution in [2.24, 2.45) is 0 Å². The minimum absolute atomic E-state index is 0.133. The van der Waals surface area contributed by atoms with Crippen LogP contribution in [0.3, 0.4) is 0 Å². The molecule has 0 amide bonds. The van der Waals surface area contributed by atoms with Crippen LogP contribution in [0.2, 0.25) is 0 Å². The Morgan fingerprint density at radius 3 is 1.00 bits per heavy atom. The van der Waals surface area contributed by atoms with Gasteiger partial charge in [0.25, 0.3) is 0 Å². The highest BCUT2D eigenvalue weighted by Gasteiger charge is 2.28. The lowest BCUT2D eigenvalue weighted by molar-refractivity contribution is -0.161. The summed E-state index contributed by atoms with van der Waals surface area (Å²) in [4.78, 5) is 48.8. The predicted octanol–water partition coefficient (Wildman–Crippen LogP) is 19.6. The molecule has 80 heavy (non-hydrogen) atoms. The molecule has 0 aliphatic carbocycles. The molecule has 11 nitrogen and oxygen atoms in total. The number of carbonyl (C=O) groups is 3. The quantitative estimate of drug-likeness (QED) is 0.0197. The minimum atomic E-state index is -4.77. The van der Waals surface area contributed by atoms with Crippen molar-refractivity contribution in [1.29, 1.82) is 0 Å². The number of esters is 3. The molecule has 0 aliphatic rings. The fourth-order valence-corrected chi connectivity index (χ4v) is 9.48. The van der Waals surface area contributed by atoms with E-state index < -0.39 is 57.8 Å². The van der Waals surface area contributed by atoms with Crippen LogP contribution in [0.25, 0.3) is 0 Å². The largest absolute Gasteiger partial charge is 0.472 e. The molecule has 0 saturated carbocycles. The number of aliphatic hydroxyl groups is 1. The van der Waals surface area contributed by atoms with Crippen LogP contribution in [0.4, 0.5) is 0 Å². The normalized spacial score (nSPS) is 13.9. The topological polar surface area (TPSA) is 155 Å². The first kappa shape index (κ1) is 76.4. The van der Waals surface area contributed by atoms with Gasteiger partial charge in [-0.25, -0.2) is 4.57 Å². The fraction of sp³-hybridized carbons (Fsp3) is 0.721. The Hall–Kier alpha value is -3.60. The van der Waals surface area contributed by atoms with Gasteiger partial charge in [-0.3, -0.25) is 23.4 Å². The van der Waals surface area contributed by atoms with Crippen LogP contribution >= 0.6 is 7.82 Å². The maximum atomic E-state index is 13.0. The first-order valence-corrected chi connectivity index (χ1v) is 33.6. The van der Waals surface area contributed by atoms with Gasteiger partial charge >= 0.3 is 25.7 Å². The van der Waals surface area contributed by atoms with Gasteiger partial charge in [0.15, 0.2) is 6.10 Å². The summed E-state index contributed by atoms with van der Waals surface area (Å²) in [6.45, 7) is 4.41. The highest BCUT2D eigenvalue weighted by molar-refractivity contribution is 7.47. The third-order valence-corrected chi connectivity index (χ3v) is 14.5. The van der Waals surface area contributed by atoms with Crippen molar-refractivity contribution < 1.29 is 52.2 Å². The maximum Gasteiger partial charge on any atom is 0.472 e. The first-order chi connectivity index (χ1) is 39.2. The van der Waals surface area contributed by atoms with Gasteiger partial charge in [-0.15, -0.1) is 0 Å². The van der Waals surface area contributed by atoms with Crippen LogP contribution < -0.4 is 0 Å². The van der Waals surface area contributed by atoms with Gasteiger partial charge in [-0.05, 0) is 96.3 Å². The third kappa shape index (κ3) is 59.0. The zero-order chi connectivity index (χ0) is 58.3. The van der Waals surface area contributed by atoms with Gasteiger partial charge in [-0.2, -0.15) is 0 Å². The number of carbonyl (C=O) groups excluding carboxylic acids is 3. The number of hydrogen-bond donors (Lipinski definition) is 2. The molecule has 460 valence electrons. The van der Waals surface area contributed by atoms with E-state index in [1.165, 1.54) is 83.5 Å². The summed E-state index contributed by atoms with van der Waals surface area (Å²) in [5.41, 5.74) is 0. The van der Waals surface area contributed by atoms with Crippen LogP contribution in [0, 0.1) is 0 Å². The Morgan fingerprint density at radius 1 is 0.362 bits per heavy atom. The number of phosphoric ester groups is 1. The average Bonchev–Trinajstić information content (AvgIpc) is 3.45. The van der Waals surface area contributed by atoms with Crippen LogP contribution in [0.5, 0.6) is 0 Å². The monoisotopic (exact) mass is 1140 g/mol. The summed E-state index contributed by atoms with van der Waals surface area (Å²) in [7, 11) is -4.77. The van der Waals surface area contributed by atoms with E-state index in [2.05, 4.69) is 118 Å². The summed E-state index contributed by atoms with van der Waals surface area (Å²) < 4.78 is 39.7. The molecule has 0 aromatic heterocycles. The molecule has 3 atom stereocenters. The van der Waals surface area contributed by atoms with Crippen molar-refractivity contribution in [2.45, 2.75) is 290 Å². The molecule has 12 heteroatoms. The third-order valence-electron chi connectivity index (χ3n) is 13.5. The second-order valence-corrected chi connectivity index (χ2v) is 22.6. The molecule has 0 heterocycles. The Morgan fingerprint density at radius 2 is 0.650 bits per heavy atom. The van der Waals surface area contributed by atoms with Crippen molar-refractivity contribution >= 4 is 25.7 Å². The van der Waals surface area contributed by atoms with E-state index in [-0.39, 0.29) is 25.9 Å². The molecule has 0 aromatic rings. The number of unbranched alkanes of at least 4 members (excludes halogenated alkanes) is 26. The van der Waals surface area contributed by atoms with Crippen LogP contribution in [-0.2, 0) is 42.2 Å². The van der Waals surface area contributed by atoms with Crippen LogP contribution in [0.15, 0.2) is 97.2 Å². The summed E-state index contributed by atoms with van der Waals surface area (Å²) in [5.74, 6) is -1.50. The van der Waals surface area contributed by atoms with E-state index in [9.17, 15) is 28.9 Å². The van der Waals surface area contributed by atoms with Crippen molar-refractivity contribution in [1.82, 2.24) is 0 Å². The van der Waals surface area contributed by atoms with Gasteiger partial charge in [-0.1, -0.05) is 259 Å². The van der Waals surface area contributed by atoms with Crippen LogP contribution in [0.1, 0.15) is 278 Å². The summed E-state index contributed by atoms with van der Waals surface area (Å²) in [6.07, 6.45) is 73.5. The summed E-state index contributed by atoms with van der Waals surface area (Å²) in [5, 5.41) is 9.86. The first-order valence-electron chi connectivity index (χ1n) is 32.1. The van der Waals surface area contributed by atoms with Gasteiger partial charge < -0.3 is 24.2 Å². The van der Waals surface area contributed by atoms with E-state index in [1.54, 1.807) is 0 Å². The molecule has 0 fully saturated rings. The highest BCUT2D eigenvalue weighted by Crippen LogP contribution is 2.43. The Kier molecular flexibility index (Phi) is 58.7. The molecule has 0 aromatic carbocycles. The lowest BCUT2D eigenvalue weighted by Crippen LogP contribution is -2.30. The molecule has 0 spiro atoms. The standard InChI is InChI=1S/C68H117O11P/c1-4-7-10-13-16-19-22-25-28-31-32-35-36-39-42-45-48-51-54-57-66(70)75-61-65(79-68(72)59-56-53-50-47-44-41-38-34-30-27-24-21-18-15-12-9-6-3)63-77-80(73,74)76-62-64(60-69)78-67(71)58-55-52-49-46-43-40-37-33-29-26-23-20-17-14-11-8-5-2/h7,9-10,12,16,18-19,21,25,27-28,30,32,35,38,41,64-65,69H,4-6,8,11,13-15,17,20,22-24,26,29,31,33-34,36-37,39-40,42-63H2,1-3H3,(H,73,74)/b10-7-,12-9-,19-16-,21-18-,28-25-,30-27-,35-32-,41-38-. The molecule has 0 saturated heterocycles. The average molecular weight is 1140 g/mol. The second-order valence-electron chi connectivity index (χ2n) is 21.2. The molecule has 0 rings (SSSR count). The SMILES string of the molecule is CC/C=C\C/C=C\C/C=C\C/C=C\CCCCCCCCC(=O)OCC(COP(=O)(O)OCC(CO)OC(=O)CCCCCCCCCCCCCCCCCCC)OC(=O)CCCCCC/C=C\C/C=C\C/C=C\C/C=C\CC. The van der Waals surface area contributed by atoms with Crippen molar-refractivity contribution in [2.75, 3.05) is 26.4 Å². The lowest BCUT2D eigenvalue weighted by Gasteiger charge is -2.21. The molecule has 0 aliphatic heterocycles. The van der Waals surface area contributed by atoms with E-state index in [0.29, 0.717) is 19.3 Å². The fourth-order valence-electron chi connectivity index (χ4n) is 8.69. The Labute approximate surface area is 489 Å². The summed E-state index contributed by atoms with van der Waals surface area (Å²) >= 11 is 0. The molecular formula is C68H117O11P. The predicted molar refractivity (Wildman–Crippen MR) is 334 cm³/mol. The second kappa shape index (κ2) is 61.5. The molecule has 3 unspecified atom stereocenters. The van der Waals surface area contributed by atoms with Crippen LogP contribution in [-0.4, -0.2) is 66.5 Å². The van der Waals surface area contributed by atoms with E-state index in [1.807, 2.05) is 0 Å². The van der Waals surface area contributed by atoms with E-state index in [4.69, 9.17) is 23.3 Å². The van der Waals surface area contributed by atoms with Gasteiger partial charge in [0.2, 0.25) is 0 Å². The zero-order valence-corrected chi connectivity index (χ0v) is 51.9. The minimum Gasteiger partial charge on any atom is -0.462 e. The molecular weight excluding hydrogens is 1020 g/mol. The number of hydrogen-bond acceptors (Lipinski definition) is 10. The summed E-state index contributed by atoms with van der Waals surface area (Å²) in [6, 6.07) is 0. The lowest BCUT2D eigenvalue weighted by atomic mass is 10.0. The zero-order valence-electron chi connectivity index (χ0n) is 51.0. The number of allylic oxidation sites excluding steroid dienone is 16. The van der Waals surface area contributed by atoms with E-state index in [0.717, 1.165) is 135 Å². The Bertz CT molecular complexity index is 1710. The molecule has 0 bridgehead atoms. The van der Waals surface area contributed by atoms with Gasteiger partial charge in [0, 0.05) is 19.3 Å². The van der Waals surface area contributed by atoms with Crippen molar-refractivity contribution in [3.05, 3.63) is 97.2 Å². The Balaban J connectivity index is 4.74. The van der Waals surface area contributed by atoms with Gasteiger partial charge in [0.1, 0.15) is 12.7 Å².